The van der Waals surface area contributed by atoms with Gasteiger partial charge in [-0.3, -0.25) is 0 Å². The van der Waals surface area contributed by atoms with Gasteiger partial charge in [-0.2, -0.15) is 0 Å². The van der Waals surface area contributed by atoms with Crippen LogP contribution >= 0.6 is 0 Å². The molecule has 152 valence electrons. The molecule has 1 unspecified atom stereocenters. The summed E-state index contributed by atoms with van der Waals surface area (Å²) in [4.78, 5) is 4.81. The Bertz CT molecular complexity index is 496. The van der Waals surface area contributed by atoms with E-state index >= 15 is 0 Å². The molecule has 2 heteroatoms. The van der Waals surface area contributed by atoms with Crippen LogP contribution in [0.3, 0.4) is 0 Å². The van der Waals surface area contributed by atoms with Gasteiger partial charge in [-0.15, -0.1) is 0 Å². The number of benzene rings is 1. The molecule has 0 N–H and O–H groups in total. The Labute approximate surface area is 168 Å². The van der Waals surface area contributed by atoms with E-state index in [2.05, 4.69) is 66.5 Å². The first-order valence-electron chi connectivity index (χ1n) is 11.5. The molecule has 27 heavy (non-hydrogen) atoms. The van der Waals surface area contributed by atoms with Gasteiger partial charge in [0.2, 0.25) is 0 Å². The molecule has 0 saturated carbocycles. The van der Waals surface area contributed by atoms with Crippen LogP contribution in [-0.4, -0.2) is 23.4 Å². The number of nitrogens with zero attached hydrogens (tertiary/aromatic N) is 2. The molecule has 0 aromatic heterocycles. The molecule has 1 aliphatic rings. The molecule has 0 saturated heterocycles. The molecule has 0 fully saturated rings. The SMILES string of the molecule is CCCCCCCCCCCCCCCN1C=CN(C)C1c1ccccc1. The van der Waals surface area contributed by atoms with Crippen LogP contribution in [0.4, 0.5) is 0 Å². The summed E-state index contributed by atoms with van der Waals surface area (Å²) in [6.45, 7) is 3.46. The Balaban J connectivity index is 1.47. The molecule has 1 aromatic rings. The molecule has 0 bridgehead atoms. The van der Waals surface area contributed by atoms with Crippen LogP contribution in [0.2, 0.25) is 0 Å². The van der Waals surface area contributed by atoms with E-state index in [-0.39, 0.29) is 0 Å². The second-order valence-electron chi connectivity index (χ2n) is 8.23. The Morgan fingerprint density at radius 3 is 1.74 bits per heavy atom. The van der Waals surface area contributed by atoms with Crippen molar-refractivity contribution in [2.75, 3.05) is 13.6 Å². The van der Waals surface area contributed by atoms with Crippen molar-refractivity contribution in [2.24, 2.45) is 0 Å². The quantitative estimate of drug-likeness (QED) is 0.295. The van der Waals surface area contributed by atoms with Gasteiger partial charge in [-0.1, -0.05) is 114 Å². The summed E-state index contributed by atoms with van der Waals surface area (Å²) in [7, 11) is 2.18. The van der Waals surface area contributed by atoms with E-state index in [1.807, 2.05) is 0 Å². The van der Waals surface area contributed by atoms with Crippen molar-refractivity contribution >= 4 is 0 Å². The fourth-order valence-corrected chi connectivity index (χ4v) is 4.15. The summed E-state index contributed by atoms with van der Waals surface area (Å²) < 4.78 is 0. The summed E-state index contributed by atoms with van der Waals surface area (Å²) in [6.07, 6.45) is 23.3. The molecule has 0 aliphatic carbocycles. The second kappa shape index (κ2) is 13.7. The fraction of sp³-hybridized carbons (Fsp3) is 0.680. The van der Waals surface area contributed by atoms with Crippen LogP contribution in [0.25, 0.3) is 0 Å². The minimum Gasteiger partial charge on any atom is -0.355 e. The van der Waals surface area contributed by atoms with Crippen LogP contribution < -0.4 is 0 Å². The third kappa shape index (κ3) is 8.41. The van der Waals surface area contributed by atoms with Gasteiger partial charge in [0.25, 0.3) is 0 Å². The standard InChI is InChI=1S/C25H42N2/c1-3-4-5-6-7-8-9-10-11-12-13-14-18-21-27-23-22-26(2)25(27)24-19-16-15-17-20-24/h15-17,19-20,22-23,25H,3-14,18,21H2,1-2H3. The zero-order valence-electron chi connectivity index (χ0n) is 17.9. The molecular weight excluding hydrogens is 328 g/mol. The average Bonchev–Trinajstić information content (AvgIpc) is 3.06. The zero-order chi connectivity index (χ0) is 19.2. The lowest BCUT2D eigenvalue weighted by atomic mass is 10.0. The summed E-state index contributed by atoms with van der Waals surface area (Å²) in [6, 6.07) is 10.9. The maximum absolute atomic E-state index is 2.49. The predicted molar refractivity (Wildman–Crippen MR) is 118 cm³/mol. The normalized spacial score (nSPS) is 16.4. The van der Waals surface area contributed by atoms with Gasteiger partial charge in [-0.25, -0.2) is 0 Å². The molecule has 1 aliphatic heterocycles. The first kappa shape index (κ1) is 21.9. The van der Waals surface area contributed by atoms with Crippen molar-refractivity contribution in [1.82, 2.24) is 9.80 Å². The van der Waals surface area contributed by atoms with E-state index in [0.29, 0.717) is 6.17 Å². The van der Waals surface area contributed by atoms with Crippen molar-refractivity contribution in [3.05, 3.63) is 48.3 Å². The van der Waals surface area contributed by atoms with Crippen molar-refractivity contribution < 1.29 is 0 Å². The molecule has 2 nitrogen and oxygen atoms in total. The summed E-state index contributed by atoms with van der Waals surface area (Å²) in [5.74, 6) is 0. The van der Waals surface area contributed by atoms with E-state index in [4.69, 9.17) is 0 Å². The molecule has 0 radical (unpaired) electrons. The molecule has 0 spiro atoms. The van der Waals surface area contributed by atoms with Gasteiger partial charge in [0.1, 0.15) is 6.17 Å². The maximum atomic E-state index is 2.49. The van der Waals surface area contributed by atoms with E-state index < -0.39 is 0 Å². The summed E-state index contributed by atoms with van der Waals surface area (Å²) in [5.41, 5.74) is 1.39. The molecule has 0 amide bonds. The van der Waals surface area contributed by atoms with E-state index in [1.165, 1.54) is 89.0 Å². The Kier molecular flexibility index (Phi) is 11.1. The van der Waals surface area contributed by atoms with Crippen LogP contribution in [-0.2, 0) is 0 Å². The summed E-state index contributed by atoms with van der Waals surface area (Å²) >= 11 is 0. The smallest absolute Gasteiger partial charge is 0.127 e. The van der Waals surface area contributed by atoms with Gasteiger partial charge in [0, 0.05) is 26.0 Å². The number of hydrogen-bond donors (Lipinski definition) is 0. The van der Waals surface area contributed by atoms with Crippen LogP contribution in [0.1, 0.15) is 102 Å². The van der Waals surface area contributed by atoms with Crippen molar-refractivity contribution in [2.45, 2.75) is 96.6 Å². The number of rotatable bonds is 15. The fourth-order valence-electron chi connectivity index (χ4n) is 4.15. The Morgan fingerprint density at radius 2 is 1.19 bits per heavy atom. The Morgan fingerprint density at radius 1 is 0.667 bits per heavy atom. The monoisotopic (exact) mass is 370 g/mol. The first-order valence-corrected chi connectivity index (χ1v) is 11.5. The van der Waals surface area contributed by atoms with E-state index in [9.17, 15) is 0 Å². The number of hydrogen-bond acceptors (Lipinski definition) is 2. The highest BCUT2D eigenvalue weighted by atomic mass is 15.4. The highest BCUT2D eigenvalue weighted by Gasteiger charge is 2.24. The van der Waals surface area contributed by atoms with Crippen LogP contribution in [0, 0.1) is 0 Å². The topological polar surface area (TPSA) is 6.48 Å². The lowest BCUT2D eigenvalue weighted by Crippen LogP contribution is -2.29. The molecule has 1 atom stereocenters. The minimum absolute atomic E-state index is 0.378. The van der Waals surface area contributed by atoms with Crippen molar-refractivity contribution in [1.29, 1.82) is 0 Å². The maximum Gasteiger partial charge on any atom is 0.127 e. The average molecular weight is 371 g/mol. The third-order valence-electron chi connectivity index (χ3n) is 5.81. The first-order chi connectivity index (χ1) is 13.3. The van der Waals surface area contributed by atoms with Gasteiger partial charge in [0.15, 0.2) is 0 Å². The van der Waals surface area contributed by atoms with E-state index in [1.54, 1.807) is 0 Å². The van der Waals surface area contributed by atoms with Crippen LogP contribution in [0.15, 0.2) is 42.7 Å². The highest BCUT2D eigenvalue weighted by Crippen LogP contribution is 2.29. The summed E-state index contributed by atoms with van der Waals surface area (Å²) in [5, 5.41) is 0. The van der Waals surface area contributed by atoms with E-state index in [0.717, 1.165) is 6.54 Å². The van der Waals surface area contributed by atoms with Gasteiger partial charge < -0.3 is 9.80 Å². The van der Waals surface area contributed by atoms with Crippen LogP contribution in [0.5, 0.6) is 0 Å². The third-order valence-corrected chi connectivity index (χ3v) is 5.81. The molecule has 1 aromatic carbocycles. The minimum atomic E-state index is 0.378. The van der Waals surface area contributed by atoms with Crippen molar-refractivity contribution in [3.8, 4) is 0 Å². The largest absolute Gasteiger partial charge is 0.355 e. The molecule has 2 rings (SSSR count). The van der Waals surface area contributed by atoms with Gasteiger partial charge in [0.05, 0.1) is 0 Å². The Hall–Kier alpha value is -1.44. The van der Waals surface area contributed by atoms with Crippen molar-refractivity contribution in [3.63, 3.8) is 0 Å². The van der Waals surface area contributed by atoms with Gasteiger partial charge >= 0.3 is 0 Å². The lowest BCUT2D eigenvalue weighted by Gasteiger charge is -2.31. The molecular formula is C25H42N2. The zero-order valence-corrected chi connectivity index (χ0v) is 17.9. The van der Waals surface area contributed by atoms with Gasteiger partial charge in [-0.05, 0) is 12.0 Å². The predicted octanol–water partition coefficient (Wildman–Crippen LogP) is 7.50. The molecule has 1 heterocycles. The highest BCUT2D eigenvalue weighted by molar-refractivity contribution is 5.21. The number of unbranched alkanes of at least 4 members (excludes halogenated alkanes) is 12. The lowest BCUT2D eigenvalue weighted by molar-refractivity contribution is 0.176. The second-order valence-corrected chi connectivity index (χ2v) is 8.23.